The largest absolute Gasteiger partial charge is 0.478 e. The number of hydrogen-bond donors (Lipinski definition) is 1. The van der Waals surface area contributed by atoms with Gasteiger partial charge in [-0.1, -0.05) is 55.1 Å². The summed E-state index contributed by atoms with van der Waals surface area (Å²) in [4.78, 5) is 14.8. The number of hydrogen-bond acceptors (Lipinski definition) is 4. The van der Waals surface area contributed by atoms with Crippen LogP contribution in [0.1, 0.15) is 42.5 Å². The molecule has 1 heterocycles. The van der Waals surface area contributed by atoms with Gasteiger partial charge in [-0.15, -0.1) is 0 Å². The molecule has 176 valence electrons. The molecule has 1 aliphatic carbocycles. The van der Waals surface area contributed by atoms with Gasteiger partial charge in [0, 0.05) is 22.7 Å². The first-order chi connectivity index (χ1) is 16.5. The van der Waals surface area contributed by atoms with E-state index < -0.39 is 11.8 Å². The summed E-state index contributed by atoms with van der Waals surface area (Å²) in [7, 11) is 0. The number of carboxylic acid groups (broad SMARTS) is 1. The van der Waals surface area contributed by atoms with Gasteiger partial charge in [0.2, 0.25) is 0 Å². The van der Waals surface area contributed by atoms with E-state index in [0.29, 0.717) is 22.1 Å². The predicted octanol–water partition coefficient (Wildman–Crippen LogP) is 7.84. The first-order valence-corrected chi connectivity index (χ1v) is 12.8. The average Bonchev–Trinajstić information content (AvgIpc) is 2.85. The van der Waals surface area contributed by atoms with Gasteiger partial charge in [0.25, 0.3) is 0 Å². The second-order valence-electron chi connectivity index (χ2n) is 8.96. The lowest BCUT2D eigenvalue weighted by atomic mass is 9.89. The third-order valence-electron chi connectivity index (χ3n) is 6.63. The summed E-state index contributed by atoms with van der Waals surface area (Å²) in [5.41, 5.74) is 3.04. The molecule has 0 bridgehead atoms. The molecular formula is C27H26ClFN2O2S. The van der Waals surface area contributed by atoms with Crippen molar-refractivity contribution in [3.8, 4) is 11.1 Å². The first kappa shape index (κ1) is 23.2. The van der Waals surface area contributed by atoms with Crippen LogP contribution in [0.25, 0.3) is 11.1 Å². The van der Waals surface area contributed by atoms with Crippen LogP contribution in [0.2, 0.25) is 5.02 Å². The molecule has 0 spiro atoms. The lowest BCUT2D eigenvalue weighted by molar-refractivity contribution is 0.0692. The molecule has 1 aliphatic heterocycles. The lowest BCUT2D eigenvalue weighted by Gasteiger charge is -2.39. The summed E-state index contributed by atoms with van der Waals surface area (Å²) < 4.78 is 16.4. The van der Waals surface area contributed by atoms with Crippen molar-refractivity contribution < 1.29 is 14.3 Å². The van der Waals surface area contributed by atoms with Crippen molar-refractivity contribution in [1.82, 2.24) is 4.31 Å². The molecule has 0 radical (unpaired) electrons. The van der Waals surface area contributed by atoms with Crippen LogP contribution in [-0.4, -0.2) is 28.6 Å². The number of carbonyl (C=O) groups is 1. The maximum Gasteiger partial charge on any atom is 0.338 e. The average molecular weight is 497 g/mol. The number of aromatic carboxylic acids is 1. The van der Waals surface area contributed by atoms with E-state index >= 15 is 0 Å². The zero-order chi connectivity index (χ0) is 23.7. The monoisotopic (exact) mass is 496 g/mol. The van der Waals surface area contributed by atoms with Gasteiger partial charge in [0.1, 0.15) is 5.82 Å². The van der Waals surface area contributed by atoms with Crippen LogP contribution in [0.15, 0.2) is 65.6 Å². The second-order valence-corrected chi connectivity index (χ2v) is 10.5. The number of carboxylic acids is 1. The fourth-order valence-corrected chi connectivity index (χ4v) is 6.33. The van der Waals surface area contributed by atoms with Crippen molar-refractivity contribution in [1.29, 1.82) is 0 Å². The van der Waals surface area contributed by atoms with E-state index in [9.17, 15) is 14.3 Å². The Morgan fingerprint density at radius 1 is 1.06 bits per heavy atom. The molecule has 0 atom stereocenters. The quantitative estimate of drug-likeness (QED) is 0.364. The predicted molar refractivity (Wildman–Crippen MR) is 136 cm³/mol. The number of para-hydroxylation sites is 1. The van der Waals surface area contributed by atoms with Gasteiger partial charge in [0.15, 0.2) is 0 Å². The molecule has 1 fully saturated rings. The summed E-state index contributed by atoms with van der Waals surface area (Å²) >= 11 is 8.44. The summed E-state index contributed by atoms with van der Waals surface area (Å²) in [6.07, 6.45) is 6.49. The van der Waals surface area contributed by atoms with Gasteiger partial charge < -0.3 is 10.0 Å². The van der Waals surface area contributed by atoms with Crippen molar-refractivity contribution >= 4 is 40.9 Å². The fraction of sp³-hybridized carbons (Fsp3) is 0.296. The maximum atomic E-state index is 14.0. The molecule has 34 heavy (non-hydrogen) atoms. The van der Waals surface area contributed by atoms with Crippen LogP contribution in [0.3, 0.4) is 0 Å². The number of anilines is 2. The van der Waals surface area contributed by atoms with Gasteiger partial charge in [-0.2, -0.15) is 0 Å². The number of benzene rings is 3. The second kappa shape index (κ2) is 9.98. The van der Waals surface area contributed by atoms with Gasteiger partial charge in [-0.05, 0) is 72.7 Å². The zero-order valence-corrected chi connectivity index (χ0v) is 20.3. The summed E-state index contributed by atoms with van der Waals surface area (Å²) in [5.74, 6) is -1.35. The molecule has 0 unspecified atom stereocenters. The highest BCUT2D eigenvalue weighted by atomic mass is 35.5. The van der Waals surface area contributed by atoms with E-state index in [2.05, 4.69) is 21.3 Å². The van der Waals surface area contributed by atoms with Gasteiger partial charge in [0.05, 0.1) is 22.9 Å². The zero-order valence-electron chi connectivity index (χ0n) is 18.7. The van der Waals surface area contributed by atoms with Crippen LogP contribution in [0.5, 0.6) is 0 Å². The Morgan fingerprint density at radius 3 is 2.56 bits per heavy atom. The third kappa shape index (κ3) is 4.81. The lowest BCUT2D eigenvalue weighted by Crippen LogP contribution is -2.37. The number of fused-ring (bicyclic) bond motifs is 1. The van der Waals surface area contributed by atoms with Crippen LogP contribution in [-0.2, 0) is 0 Å². The highest BCUT2D eigenvalue weighted by molar-refractivity contribution is 7.97. The van der Waals surface area contributed by atoms with E-state index in [1.165, 1.54) is 44.2 Å². The molecule has 0 aromatic heterocycles. The minimum Gasteiger partial charge on any atom is -0.478 e. The first-order valence-electron chi connectivity index (χ1n) is 11.6. The summed E-state index contributed by atoms with van der Waals surface area (Å²) in [6.45, 7) is 1.78. The summed E-state index contributed by atoms with van der Waals surface area (Å²) in [6, 6.07) is 18.3. The SMILES string of the molecule is O=C(O)c1cc(-c2cc3c(cc2Cl)N(c2ccccc2)CN(CC2CCCCC2)S3)ccc1F. The molecule has 0 saturated heterocycles. The molecule has 7 heteroatoms. The van der Waals surface area contributed by atoms with Crippen molar-refractivity contribution in [2.75, 3.05) is 18.1 Å². The number of halogens is 2. The molecule has 4 nitrogen and oxygen atoms in total. The van der Waals surface area contributed by atoms with Gasteiger partial charge >= 0.3 is 5.97 Å². The third-order valence-corrected chi connectivity index (χ3v) is 7.99. The molecule has 1 saturated carbocycles. The van der Waals surface area contributed by atoms with E-state index in [4.69, 9.17) is 11.6 Å². The number of rotatable bonds is 5. The molecule has 2 aliphatic rings. The van der Waals surface area contributed by atoms with Gasteiger partial charge in [-0.3, -0.25) is 0 Å². The Morgan fingerprint density at radius 2 is 1.82 bits per heavy atom. The molecular weight excluding hydrogens is 471 g/mol. The molecule has 3 aromatic carbocycles. The maximum absolute atomic E-state index is 14.0. The van der Waals surface area contributed by atoms with E-state index in [-0.39, 0.29) is 5.56 Å². The highest BCUT2D eigenvalue weighted by Gasteiger charge is 2.28. The van der Waals surface area contributed by atoms with Crippen LogP contribution in [0.4, 0.5) is 15.8 Å². The van der Waals surface area contributed by atoms with E-state index in [1.807, 2.05) is 30.3 Å². The minimum absolute atomic E-state index is 0.358. The Balaban J connectivity index is 1.54. The topological polar surface area (TPSA) is 43.8 Å². The Hall–Kier alpha value is -2.54. The smallest absolute Gasteiger partial charge is 0.338 e. The van der Waals surface area contributed by atoms with E-state index in [1.54, 1.807) is 18.0 Å². The van der Waals surface area contributed by atoms with Crippen molar-refractivity contribution in [3.05, 3.63) is 77.1 Å². The fourth-order valence-electron chi connectivity index (χ4n) is 4.89. The minimum atomic E-state index is -1.29. The van der Waals surface area contributed by atoms with Crippen molar-refractivity contribution in [3.63, 3.8) is 0 Å². The van der Waals surface area contributed by atoms with E-state index in [0.717, 1.165) is 29.5 Å². The van der Waals surface area contributed by atoms with Crippen LogP contribution >= 0.6 is 23.5 Å². The molecule has 1 N–H and O–H groups in total. The van der Waals surface area contributed by atoms with Crippen LogP contribution in [0, 0.1) is 11.7 Å². The Bertz CT molecular complexity index is 1200. The van der Waals surface area contributed by atoms with Crippen molar-refractivity contribution in [2.24, 2.45) is 5.92 Å². The highest BCUT2D eigenvalue weighted by Crippen LogP contribution is 2.46. The standard InChI is InChI=1S/C27H26ClFN2O2S/c28-23-15-25-26(14-21(23)19-11-12-24(29)22(13-19)27(32)33)34-30(16-18-7-3-1-4-8-18)17-31(25)20-9-5-2-6-10-20/h2,5-6,9-15,18H,1,3-4,7-8,16-17H2,(H,32,33). The molecule has 5 rings (SSSR count). The summed E-state index contributed by atoms with van der Waals surface area (Å²) in [5, 5.41) is 9.86. The van der Waals surface area contributed by atoms with Crippen LogP contribution < -0.4 is 4.90 Å². The normalized spacial score (nSPS) is 16.9. The molecule has 3 aromatic rings. The van der Waals surface area contributed by atoms with Gasteiger partial charge in [-0.25, -0.2) is 13.5 Å². The number of nitrogens with zero attached hydrogens (tertiary/aromatic N) is 2. The van der Waals surface area contributed by atoms with Crippen molar-refractivity contribution in [2.45, 2.75) is 37.0 Å². The Labute approximate surface area is 208 Å². The molecule has 0 amide bonds. The Kier molecular flexibility index (Phi) is 6.82.